The topological polar surface area (TPSA) is 40.6 Å². The second kappa shape index (κ2) is 25.3. The van der Waals surface area contributed by atoms with E-state index in [1.807, 2.05) is 34.1 Å². The van der Waals surface area contributed by atoms with Gasteiger partial charge in [-0.2, -0.15) is 0 Å². The van der Waals surface area contributed by atoms with E-state index in [2.05, 4.69) is 38.1 Å². The van der Waals surface area contributed by atoms with Gasteiger partial charge in [0.1, 0.15) is 0 Å². The summed E-state index contributed by atoms with van der Waals surface area (Å²) in [4.78, 5) is 34.1. The summed E-state index contributed by atoms with van der Waals surface area (Å²) in [6, 6.07) is 0. The fraction of sp³-hybridized carbons (Fsp3) is 0.611. The van der Waals surface area contributed by atoms with Crippen molar-refractivity contribution < 1.29 is 9.59 Å². The summed E-state index contributed by atoms with van der Waals surface area (Å²) in [5.74, 6) is 0.778. The van der Waals surface area contributed by atoms with E-state index in [-0.39, 0.29) is 104 Å². The molecule has 0 aromatic carbocycles. The van der Waals surface area contributed by atoms with Gasteiger partial charge in [-0.15, -0.1) is 0 Å². The molecular formula is C36H62N2O2S2Sn2. The van der Waals surface area contributed by atoms with Crippen molar-refractivity contribution in [2.45, 2.75) is 124 Å². The van der Waals surface area contributed by atoms with Gasteiger partial charge in [0.05, 0.1) is 32.4 Å². The van der Waals surface area contributed by atoms with Gasteiger partial charge in [0.2, 0.25) is 0 Å². The van der Waals surface area contributed by atoms with E-state index in [0.29, 0.717) is 36.1 Å². The van der Waals surface area contributed by atoms with E-state index in [9.17, 15) is 9.59 Å². The van der Waals surface area contributed by atoms with E-state index in [1.165, 1.54) is 22.3 Å². The maximum absolute atomic E-state index is 14.2. The van der Waals surface area contributed by atoms with Crippen LogP contribution in [0.5, 0.6) is 0 Å². The number of hydrogen-bond donors (Lipinski definition) is 0. The first kappa shape index (κ1) is 52.8. The standard InChI is InChI=1S/C30H38N2O2S2.6CH4.2Sn/c1-5-9-13-21(7-3)19-31-27(23-15-11-17-35-23)25-26(29(31)33)28(24-16-12-18-36-24)32(30(25)34)20-22(8-4)14-10-6-2;;;;;;;;/h11-12,15-16,21-22H,5-10,13-14,19-20H2,1-4H3;6*1H4;;. The molecule has 4 aliphatic rings. The van der Waals surface area contributed by atoms with Gasteiger partial charge in [0.25, 0.3) is 11.8 Å². The van der Waals surface area contributed by atoms with Crippen LogP contribution in [-0.2, 0) is 9.59 Å². The van der Waals surface area contributed by atoms with Gasteiger partial charge in [-0.3, -0.25) is 9.59 Å². The molecule has 2 atom stereocenters. The molecule has 44 heavy (non-hydrogen) atoms. The van der Waals surface area contributed by atoms with Gasteiger partial charge in [-0.1, -0.05) is 143 Å². The van der Waals surface area contributed by atoms with Gasteiger partial charge in [0.15, 0.2) is 0 Å². The Hall–Kier alpha value is -0.763. The minimum atomic E-state index is -0.0239. The van der Waals surface area contributed by atoms with E-state index >= 15 is 0 Å². The molecular weight excluding hydrogens is 794 g/mol. The van der Waals surface area contributed by atoms with Crippen molar-refractivity contribution in [1.29, 1.82) is 0 Å². The summed E-state index contributed by atoms with van der Waals surface area (Å²) in [7, 11) is 0. The number of hydrogen-bond acceptors (Lipinski definition) is 2. The fourth-order valence-corrected chi connectivity index (χ4v) is 6.76. The fourth-order valence-electron chi connectivity index (χ4n) is 5.35. The molecule has 0 saturated heterocycles. The Labute approximate surface area is 314 Å². The summed E-state index contributed by atoms with van der Waals surface area (Å²) >= 11 is 2.97. The minimum Gasteiger partial charge on any atom is -0.306 e. The van der Waals surface area contributed by atoms with E-state index in [4.69, 9.17) is 0 Å². The van der Waals surface area contributed by atoms with Crippen molar-refractivity contribution in [3.05, 3.63) is 56.7 Å². The van der Waals surface area contributed by atoms with Crippen LogP contribution in [0, 0.1) is 22.2 Å². The summed E-state index contributed by atoms with van der Waals surface area (Å²) in [5.41, 5.74) is 2.77. The van der Waals surface area contributed by atoms with Gasteiger partial charge in [-0.05, 0) is 49.0 Å². The average Bonchev–Trinajstić information content (AvgIpc) is 3.68. The smallest absolute Gasteiger partial charge is 0.261 e. The molecule has 0 aromatic rings. The third-order valence-electron chi connectivity index (χ3n) is 7.56. The molecule has 4 rings (SSSR count). The van der Waals surface area contributed by atoms with Gasteiger partial charge >= 0.3 is 0 Å². The second-order valence-electron chi connectivity index (χ2n) is 9.95. The molecule has 0 saturated carbocycles. The first-order chi connectivity index (χ1) is 17.5. The Bertz CT molecular complexity index is 1130. The molecule has 0 spiro atoms. The van der Waals surface area contributed by atoms with Gasteiger partial charge < -0.3 is 9.80 Å². The first-order valence-corrected chi connectivity index (χ1v) is 15.2. The molecule has 0 N–H and O–H groups in total. The zero-order chi connectivity index (χ0) is 25.7. The SMILES string of the molecule is C.C.C.C.C.C.CCCCC(CC)CN1C(=O)C2=C(C(=O)N(CC(CC)CCCC)C2=C2C=CC#S2)C1=C1C=CC#S1.[Sn].[Sn]. The van der Waals surface area contributed by atoms with Crippen LogP contribution in [0.2, 0.25) is 0 Å². The van der Waals surface area contributed by atoms with Crippen LogP contribution >= 0.6 is 22.3 Å². The van der Waals surface area contributed by atoms with Crippen molar-refractivity contribution in [3.8, 4) is 10.4 Å². The average molecular weight is 856 g/mol. The van der Waals surface area contributed by atoms with E-state index in [1.54, 1.807) is 0 Å². The van der Waals surface area contributed by atoms with Crippen LogP contribution < -0.4 is 0 Å². The minimum absolute atomic E-state index is 0. The Morgan fingerprint density at radius 2 is 0.977 bits per heavy atom. The molecule has 0 fully saturated rings. The molecule has 4 heterocycles. The van der Waals surface area contributed by atoms with Crippen molar-refractivity contribution in [2.24, 2.45) is 11.8 Å². The van der Waals surface area contributed by atoms with Gasteiger partial charge in [0, 0.05) is 60.9 Å². The number of allylic oxidation sites excluding steroid dienone is 4. The van der Waals surface area contributed by atoms with Gasteiger partial charge in [-0.25, -0.2) is 0 Å². The normalized spacial score (nSPS) is 19.5. The molecule has 8 heteroatoms. The van der Waals surface area contributed by atoms with Crippen LogP contribution in [-0.4, -0.2) is 82.5 Å². The molecule has 8 radical (unpaired) electrons. The van der Waals surface area contributed by atoms with Crippen molar-refractivity contribution in [2.75, 3.05) is 13.1 Å². The summed E-state index contributed by atoms with van der Waals surface area (Å²) in [6.07, 6.45) is 16.6. The molecule has 248 valence electrons. The number of rotatable bonds is 12. The van der Waals surface area contributed by atoms with Crippen molar-refractivity contribution in [3.63, 3.8) is 0 Å². The van der Waals surface area contributed by atoms with Crippen LogP contribution in [0.3, 0.4) is 0 Å². The maximum atomic E-state index is 14.2. The largest absolute Gasteiger partial charge is 0.306 e. The van der Waals surface area contributed by atoms with Crippen LogP contribution in [0.4, 0.5) is 0 Å². The number of carbonyl (C=O) groups excluding carboxylic acids is 2. The van der Waals surface area contributed by atoms with Crippen LogP contribution in [0.15, 0.2) is 56.7 Å². The zero-order valence-electron chi connectivity index (χ0n) is 23.1. The molecule has 4 aliphatic heterocycles. The molecule has 0 aliphatic carbocycles. The number of unbranched alkanes of at least 4 members (excludes halogenated alkanes) is 2. The molecule has 2 amide bonds. The molecule has 2 unspecified atom stereocenters. The van der Waals surface area contributed by atoms with Crippen LogP contribution in [0.25, 0.3) is 0 Å². The summed E-state index contributed by atoms with van der Waals surface area (Å²) < 4.78 is 0. The molecule has 0 aromatic heterocycles. The van der Waals surface area contributed by atoms with Crippen molar-refractivity contribution in [1.82, 2.24) is 9.80 Å². The monoisotopic (exact) mass is 858 g/mol. The Morgan fingerprint density at radius 1 is 0.636 bits per heavy atom. The number of amides is 2. The first-order valence-electron chi connectivity index (χ1n) is 13.6. The Morgan fingerprint density at radius 3 is 1.23 bits per heavy atom. The third kappa shape index (κ3) is 11.2. The molecule has 0 bridgehead atoms. The third-order valence-corrected chi connectivity index (χ3v) is 9.17. The van der Waals surface area contributed by atoms with E-state index in [0.717, 1.165) is 72.6 Å². The summed E-state index contributed by atoms with van der Waals surface area (Å²) in [5, 5.41) is 6.36. The Balaban J connectivity index is -0.000000634. The van der Waals surface area contributed by atoms with Crippen LogP contribution in [0.1, 0.15) is 124 Å². The quantitative estimate of drug-likeness (QED) is 0.184. The number of nitrogens with zero attached hydrogens (tertiary/aromatic N) is 2. The molecule has 4 nitrogen and oxygen atoms in total. The zero-order valence-corrected chi connectivity index (χ0v) is 30.4. The number of carbonyl (C=O) groups is 2. The Kier molecular flexibility index (Phi) is 30.4. The predicted octanol–water partition coefficient (Wildman–Crippen LogP) is 10.4. The summed E-state index contributed by atoms with van der Waals surface area (Å²) in [6.45, 7) is 10.1. The van der Waals surface area contributed by atoms with E-state index < -0.39 is 0 Å². The predicted molar refractivity (Wildman–Crippen MR) is 204 cm³/mol. The van der Waals surface area contributed by atoms with Crippen molar-refractivity contribution >= 4 is 82.0 Å². The maximum Gasteiger partial charge on any atom is 0.261 e. The second-order valence-corrected chi connectivity index (χ2v) is 11.7.